The van der Waals surface area contributed by atoms with Crippen LogP contribution in [0.1, 0.15) is 9.75 Å². The number of hydrogen-bond acceptors (Lipinski definition) is 7. The number of rotatable bonds is 5. The van der Waals surface area contributed by atoms with E-state index in [1.54, 1.807) is 35.1 Å². The number of nitrogens with one attached hydrogen (secondary N) is 1. The summed E-state index contributed by atoms with van der Waals surface area (Å²) in [5.41, 5.74) is 2.82. The summed E-state index contributed by atoms with van der Waals surface area (Å²) in [6.07, 6.45) is 5.00. The maximum atomic E-state index is 4.27. The van der Waals surface area contributed by atoms with Crippen LogP contribution in [0.25, 0.3) is 0 Å². The molecule has 0 aromatic carbocycles. The van der Waals surface area contributed by atoms with Gasteiger partial charge in [-0.15, -0.1) is 32.9 Å². The van der Waals surface area contributed by atoms with E-state index in [-0.39, 0.29) is 0 Å². The van der Waals surface area contributed by atoms with E-state index in [4.69, 9.17) is 0 Å². The SMILES string of the molecule is C(=NNc1nncn1N=Cc1cccs1)c1cccs1. The molecule has 0 fully saturated rings. The van der Waals surface area contributed by atoms with Gasteiger partial charge in [0.2, 0.25) is 0 Å². The predicted octanol–water partition coefficient (Wildman–Crippen LogP) is 2.73. The van der Waals surface area contributed by atoms with Crippen molar-refractivity contribution in [1.82, 2.24) is 14.9 Å². The van der Waals surface area contributed by atoms with E-state index in [1.807, 2.05) is 35.0 Å². The van der Waals surface area contributed by atoms with E-state index < -0.39 is 0 Å². The minimum atomic E-state index is 0.464. The summed E-state index contributed by atoms with van der Waals surface area (Å²) in [6.45, 7) is 0. The average molecular weight is 302 g/mol. The number of thiophene rings is 2. The molecule has 0 bridgehead atoms. The Labute approximate surface area is 123 Å². The topological polar surface area (TPSA) is 67.5 Å². The van der Waals surface area contributed by atoms with Crippen molar-refractivity contribution in [2.45, 2.75) is 0 Å². The molecule has 0 atom stereocenters. The lowest BCUT2D eigenvalue weighted by atomic mass is 10.5. The molecule has 0 saturated carbocycles. The number of hydrazone groups is 1. The van der Waals surface area contributed by atoms with Crippen molar-refractivity contribution in [2.24, 2.45) is 10.2 Å². The molecule has 0 radical (unpaired) electrons. The molecule has 3 heterocycles. The first-order valence-electron chi connectivity index (χ1n) is 5.72. The van der Waals surface area contributed by atoms with E-state index in [2.05, 4.69) is 25.8 Å². The molecule has 3 rings (SSSR count). The van der Waals surface area contributed by atoms with Crippen molar-refractivity contribution in [3.63, 3.8) is 0 Å². The van der Waals surface area contributed by atoms with Gasteiger partial charge in [-0.1, -0.05) is 12.1 Å². The van der Waals surface area contributed by atoms with Crippen LogP contribution in [0.4, 0.5) is 5.95 Å². The first kappa shape index (κ1) is 12.7. The molecule has 0 aliphatic rings. The molecule has 20 heavy (non-hydrogen) atoms. The van der Waals surface area contributed by atoms with Crippen LogP contribution in [-0.4, -0.2) is 27.3 Å². The standard InChI is InChI=1S/C12H10N6S2/c1-3-10(19-5-1)7-13-16-12-17-14-9-18(12)15-8-11-4-2-6-20-11/h1-9H,(H,16,17). The number of anilines is 1. The smallest absolute Gasteiger partial charge is 0.244 e. The number of nitrogens with zero attached hydrogens (tertiary/aromatic N) is 5. The van der Waals surface area contributed by atoms with Crippen molar-refractivity contribution in [3.8, 4) is 0 Å². The maximum Gasteiger partial charge on any atom is 0.265 e. The molecule has 0 saturated heterocycles. The van der Waals surface area contributed by atoms with Gasteiger partial charge in [0.25, 0.3) is 5.95 Å². The molecule has 1 N–H and O–H groups in total. The lowest BCUT2D eigenvalue weighted by Crippen LogP contribution is -1.98. The largest absolute Gasteiger partial charge is 0.265 e. The Morgan fingerprint density at radius 2 is 1.85 bits per heavy atom. The van der Waals surface area contributed by atoms with Crippen LogP contribution in [0.15, 0.2) is 51.6 Å². The van der Waals surface area contributed by atoms with Crippen molar-refractivity contribution >= 4 is 41.1 Å². The second kappa shape index (κ2) is 6.22. The fourth-order valence-corrected chi connectivity index (χ4v) is 2.55. The van der Waals surface area contributed by atoms with Gasteiger partial charge in [-0.3, -0.25) is 0 Å². The normalized spacial score (nSPS) is 11.6. The van der Waals surface area contributed by atoms with E-state index in [0.717, 1.165) is 9.75 Å². The van der Waals surface area contributed by atoms with Crippen molar-refractivity contribution < 1.29 is 0 Å². The van der Waals surface area contributed by atoms with Crippen LogP contribution in [0, 0.1) is 0 Å². The molecular weight excluding hydrogens is 292 g/mol. The first-order valence-corrected chi connectivity index (χ1v) is 7.48. The van der Waals surface area contributed by atoms with Gasteiger partial charge in [0, 0.05) is 9.75 Å². The summed E-state index contributed by atoms with van der Waals surface area (Å²) in [5.74, 6) is 0.464. The van der Waals surface area contributed by atoms with Crippen molar-refractivity contribution in [2.75, 3.05) is 5.43 Å². The highest BCUT2D eigenvalue weighted by molar-refractivity contribution is 7.12. The molecule has 0 amide bonds. The van der Waals surface area contributed by atoms with Crippen LogP contribution in [0.3, 0.4) is 0 Å². The highest BCUT2D eigenvalue weighted by atomic mass is 32.1. The quantitative estimate of drug-likeness (QED) is 0.582. The minimum Gasteiger partial charge on any atom is -0.244 e. The Hall–Kier alpha value is -2.32. The molecule has 0 unspecified atom stereocenters. The third kappa shape index (κ3) is 3.16. The third-order valence-corrected chi connectivity index (χ3v) is 3.90. The summed E-state index contributed by atoms with van der Waals surface area (Å²) in [4.78, 5) is 2.12. The summed E-state index contributed by atoms with van der Waals surface area (Å²) in [5, 5.41) is 20.1. The molecule has 0 spiro atoms. The monoisotopic (exact) mass is 302 g/mol. The third-order valence-electron chi connectivity index (χ3n) is 2.28. The minimum absolute atomic E-state index is 0.464. The Morgan fingerprint density at radius 1 is 1.10 bits per heavy atom. The summed E-state index contributed by atoms with van der Waals surface area (Å²) in [7, 11) is 0. The average Bonchev–Trinajstić information content (AvgIpc) is 3.20. The molecule has 0 aliphatic carbocycles. The van der Waals surface area contributed by atoms with Gasteiger partial charge in [-0.2, -0.15) is 14.9 Å². The van der Waals surface area contributed by atoms with Gasteiger partial charge in [-0.05, 0) is 22.9 Å². The first-order chi connectivity index (χ1) is 9.92. The second-order valence-electron chi connectivity index (χ2n) is 3.64. The highest BCUT2D eigenvalue weighted by Gasteiger charge is 2.00. The molecule has 100 valence electrons. The zero-order valence-electron chi connectivity index (χ0n) is 10.2. The van der Waals surface area contributed by atoms with Gasteiger partial charge >= 0.3 is 0 Å². The molecule has 8 heteroatoms. The number of aromatic nitrogens is 3. The van der Waals surface area contributed by atoms with Crippen LogP contribution >= 0.6 is 22.7 Å². The van der Waals surface area contributed by atoms with E-state index in [0.29, 0.717) is 5.95 Å². The molecule has 3 aromatic heterocycles. The second-order valence-corrected chi connectivity index (χ2v) is 5.60. The van der Waals surface area contributed by atoms with E-state index in [1.165, 1.54) is 11.0 Å². The van der Waals surface area contributed by atoms with Gasteiger partial charge in [0.05, 0.1) is 12.4 Å². The predicted molar refractivity (Wildman–Crippen MR) is 82.9 cm³/mol. The van der Waals surface area contributed by atoms with Crippen molar-refractivity contribution in [1.29, 1.82) is 0 Å². The lowest BCUT2D eigenvalue weighted by molar-refractivity contribution is 0.879. The summed E-state index contributed by atoms with van der Waals surface area (Å²) >= 11 is 3.23. The van der Waals surface area contributed by atoms with Crippen LogP contribution in [-0.2, 0) is 0 Å². The van der Waals surface area contributed by atoms with Crippen LogP contribution in [0.2, 0.25) is 0 Å². The molecule has 6 nitrogen and oxygen atoms in total. The Balaban J connectivity index is 1.67. The Kier molecular flexibility index (Phi) is 3.95. The maximum absolute atomic E-state index is 4.27. The highest BCUT2D eigenvalue weighted by Crippen LogP contribution is 2.07. The zero-order chi connectivity index (χ0) is 13.6. The van der Waals surface area contributed by atoms with Gasteiger partial charge in [-0.25, -0.2) is 5.43 Å². The Morgan fingerprint density at radius 3 is 2.55 bits per heavy atom. The van der Waals surface area contributed by atoms with Gasteiger partial charge in [0.1, 0.15) is 6.33 Å². The van der Waals surface area contributed by atoms with E-state index >= 15 is 0 Å². The van der Waals surface area contributed by atoms with Crippen molar-refractivity contribution in [3.05, 3.63) is 51.1 Å². The zero-order valence-corrected chi connectivity index (χ0v) is 11.9. The lowest BCUT2D eigenvalue weighted by Gasteiger charge is -1.97. The van der Waals surface area contributed by atoms with Gasteiger partial charge in [0.15, 0.2) is 0 Å². The van der Waals surface area contributed by atoms with E-state index in [9.17, 15) is 0 Å². The summed E-state index contributed by atoms with van der Waals surface area (Å²) < 4.78 is 1.53. The van der Waals surface area contributed by atoms with Gasteiger partial charge < -0.3 is 0 Å². The fraction of sp³-hybridized carbons (Fsp3) is 0. The molecular formula is C12H10N6S2. The number of hydrogen-bond donors (Lipinski definition) is 1. The molecule has 3 aromatic rings. The fourth-order valence-electron chi connectivity index (χ4n) is 1.39. The Bertz CT molecular complexity index is 696. The van der Waals surface area contributed by atoms with Crippen LogP contribution < -0.4 is 5.43 Å². The van der Waals surface area contributed by atoms with Crippen LogP contribution in [0.5, 0.6) is 0 Å². The summed E-state index contributed by atoms with van der Waals surface area (Å²) in [6, 6.07) is 7.92. The molecule has 0 aliphatic heterocycles.